The zero-order chi connectivity index (χ0) is 15.5. The van der Waals surface area contributed by atoms with Gasteiger partial charge in [-0.2, -0.15) is 0 Å². The van der Waals surface area contributed by atoms with Crippen molar-refractivity contribution in [3.05, 3.63) is 34.3 Å². The molecule has 0 spiro atoms. The lowest BCUT2D eigenvalue weighted by Crippen LogP contribution is -2.34. The van der Waals surface area contributed by atoms with Crippen LogP contribution in [0.15, 0.2) is 18.2 Å². The van der Waals surface area contributed by atoms with Crippen molar-refractivity contribution >= 4 is 11.6 Å². The predicted molar refractivity (Wildman–Crippen MR) is 93.0 cm³/mol. The molecule has 2 rings (SSSR count). The summed E-state index contributed by atoms with van der Waals surface area (Å²) in [6.45, 7) is 10.4. The maximum atomic E-state index is 6.21. The van der Waals surface area contributed by atoms with Crippen LogP contribution in [0.2, 0.25) is 5.02 Å². The number of hydrogen-bond acceptors (Lipinski definition) is 1. The Hall–Kier alpha value is -0.530. The monoisotopic (exact) mass is 307 g/mol. The molecular formula is C19H30ClN. The second-order valence-corrected chi connectivity index (χ2v) is 7.70. The topological polar surface area (TPSA) is 12.0 Å². The third kappa shape index (κ3) is 4.02. The van der Waals surface area contributed by atoms with E-state index in [4.69, 9.17) is 11.6 Å². The fourth-order valence-corrected chi connectivity index (χ4v) is 3.80. The number of hydrogen-bond donors (Lipinski definition) is 1. The molecule has 0 amide bonds. The van der Waals surface area contributed by atoms with Gasteiger partial charge in [0.2, 0.25) is 0 Å². The van der Waals surface area contributed by atoms with Gasteiger partial charge < -0.3 is 5.32 Å². The molecule has 0 aromatic heterocycles. The highest BCUT2D eigenvalue weighted by Crippen LogP contribution is 2.45. The van der Waals surface area contributed by atoms with Crippen molar-refractivity contribution in [1.82, 2.24) is 5.32 Å². The Morgan fingerprint density at radius 2 is 2.10 bits per heavy atom. The van der Waals surface area contributed by atoms with E-state index in [1.807, 2.05) is 6.07 Å². The Balaban J connectivity index is 2.06. The van der Waals surface area contributed by atoms with Crippen molar-refractivity contribution in [1.29, 1.82) is 0 Å². The highest BCUT2D eigenvalue weighted by atomic mass is 35.5. The lowest BCUT2D eigenvalue weighted by molar-refractivity contribution is 0.252. The summed E-state index contributed by atoms with van der Waals surface area (Å²) in [5, 5.41) is 4.71. The Bertz CT molecular complexity index is 467. The molecular weight excluding hydrogens is 278 g/mol. The molecule has 0 fully saturated rings. The van der Waals surface area contributed by atoms with E-state index in [1.165, 1.54) is 36.8 Å². The lowest BCUT2D eigenvalue weighted by Gasteiger charge is -2.30. The van der Waals surface area contributed by atoms with Crippen molar-refractivity contribution in [3.8, 4) is 0 Å². The predicted octanol–water partition coefficient (Wildman–Crippen LogP) is 5.77. The van der Waals surface area contributed by atoms with Crippen LogP contribution in [0.1, 0.15) is 70.5 Å². The molecule has 21 heavy (non-hydrogen) atoms. The summed E-state index contributed by atoms with van der Waals surface area (Å²) in [5.74, 6) is 0.795. The van der Waals surface area contributed by atoms with Crippen LogP contribution in [-0.4, -0.2) is 6.54 Å². The number of benzene rings is 1. The lowest BCUT2D eigenvalue weighted by atomic mass is 9.85. The van der Waals surface area contributed by atoms with E-state index < -0.39 is 0 Å². The highest BCUT2D eigenvalue weighted by molar-refractivity contribution is 6.30. The van der Waals surface area contributed by atoms with Crippen LogP contribution in [0.3, 0.4) is 0 Å². The Morgan fingerprint density at radius 3 is 2.76 bits per heavy atom. The molecule has 2 atom stereocenters. The zero-order valence-electron chi connectivity index (χ0n) is 14.0. The highest BCUT2D eigenvalue weighted by Gasteiger charge is 2.38. The molecule has 1 aromatic carbocycles. The van der Waals surface area contributed by atoms with Crippen LogP contribution in [0.5, 0.6) is 0 Å². The van der Waals surface area contributed by atoms with Crippen LogP contribution in [0.25, 0.3) is 0 Å². The van der Waals surface area contributed by atoms with Gasteiger partial charge in [0.15, 0.2) is 0 Å². The molecule has 1 nitrogen and oxygen atoms in total. The van der Waals surface area contributed by atoms with E-state index in [-0.39, 0.29) is 5.41 Å². The van der Waals surface area contributed by atoms with E-state index in [1.54, 1.807) is 0 Å². The maximum absolute atomic E-state index is 6.21. The first kappa shape index (κ1) is 16.8. The van der Waals surface area contributed by atoms with Gasteiger partial charge in [0.25, 0.3) is 0 Å². The molecule has 0 saturated heterocycles. The Morgan fingerprint density at radius 1 is 1.33 bits per heavy atom. The smallest absolute Gasteiger partial charge is 0.0409 e. The van der Waals surface area contributed by atoms with Gasteiger partial charge in [-0.1, -0.05) is 64.6 Å². The van der Waals surface area contributed by atoms with Crippen molar-refractivity contribution in [2.75, 3.05) is 6.54 Å². The fraction of sp³-hybridized carbons (Fsp3) is 0.684. The van der Waals surface area contributed by atoms with Crippen LogP contribution in [-0.2, 0) is 6.42 Å². The molecule has 1 aliphatic carbocycles. The number of rotatable bonds is 7. The molecule has 0 saturated carbocycles. The molecule has 2 heteroatoms. The van der Waals surface area contributed by atoms with Crippen molar-refractivity contribution < 1.29 is 0 Å². The quantitative estimate of drug-likeness (QED) is 0.674. The van der Waals surface area contributed by atoms with E-state index in [0.717, 1.165) is 23.9 Å². The summed E-state index contributed by atoms with van der Waals surface area (Å²) in [7, 11) is 0. The van der Waals surface area contributed by atoms with Gasteiger partial charge >= 0.3 is 0 Å². The number of halogens is 1. The molecule has 1 N–H and O–H groups in total. The SMILES string of the molecule is CCCCC(CC)CNC1c2cc(Cl)ccc2CC1(C)C. The van der Waals surface area contributed by atoms with Crippen molar-refractivity contribution in [3.63, 3.8) is 0 Å². The molecule has 1 aliphatic rings. The van der Waals surface area contributed by atoms with Crippen LogP contribution < -0.4 is 5.32 Å². The van der Waals surface area contributed by atoms with Crippen LogP contribution in [0.4, 0.5) is 0 Å². The van der Waals surface area contributed by atoms with Crippen molar-refractivity contribution in [2.24, 2.45) is 11.3 Å². The molecule has 2 unspecified atom stereocenters. The summed E-state index contributed by atoms with van der Waals surface area (Å²) < 4.78 is 0. The Kier molecular flexibility index (Phi) is 5.73. The summed E-state index contributed by atoms with van der Waals surface area (Å²) in [6, 6.07) is 6.82. The average Bonchev–Trinajstić information content (AvgIpc) is 2.69. The van der Waals surface area contributed by atoms with Gasteiger partial charge in [-0.05, 0) is 54.0 Å². The summed E-state index contributed by atoms with van der Waals surface area (Å²) in [4.78, 5) is 0. The van der Waals surface area contributed by atoms with Gasteiger partial charge in [-0.3, -0.25) is 0 Å². The first-order chi connectivity index (χ1) is 9.97. The number of fused-ring (bicyclic) bond motifs is 1. The zero-order valence-corrected chi connectivity index (χ0v) is 14.8. The normalized spacial score (nSPS) is 21.3. The standard InChI is InChI=1S/C19H30ClN/c1-5-7-8-14(6-2)13-21-18-17-11-16(20)10-9-15(17)12-19(18,3)4/h9-11,14,18,21H,5-8,12-13H2,1-4H3. The van der Waals surface area contributed by atoms with Gasteiger partial charge in [0.05, 0.1) is 0 Å². The Labute approximate surface area is 135 Å². The molecule has 0 aliphatic heterocycles. The van der Waals surface area contributed by atoms with Crippen LogP contribution in [0, 0.1) is 11.3 Å². The minimum absolute atomic E-state index is 0.274. The molecule has 0 bridgehead atoms. The summed E-state index contributed by atoms with van der Waals surface area (Å²) >= 11 is 6.21. The van der Waals surface area contributed by atoms with E-state index in [0.29, 0.717) is 6.04 Å². The van der Waals surface area contributed by atoms with Gasteiger partial charge in [0.1, 0.15) is 0 Å². The first-order valence-electron chi connectivity index (χ1n) is 8.49. The minimum atomic E-state index is 0.274. The molecule has 0 radical (unpaired) electrons. The average molecular weight is 308 g/mol. The van der Waals surface area contributed by atoms with Gasteiger partial charge in [-0.25, -0.2) is 0 Å². The molecule has 118 valence electrons. The van der Waals surface area contributed by atoms with Crippen molar-refractivity contribution in [2.45, 2.75) is 65.8 Å². The number of unbranched alkanes of at least 4 members (excludes halogenated alkanes) is 1. The third-order valence-electron chi connectivity index (χ3n) is 5.00. The van der Waals surface area contributed by atoms with Crippen LogP contribution >= 0.6 is 11.6 Å². The van der Waals surface area contributed by atoms with E-state index in [2.05, 4.69) is 45.1 Å². The fourth-order valence-electron chi connectivity index (χ4n) is 3.62. The molecule has 0 heterocycles. The minimum Gasteiger partial charge on any atom is -0.309 e. The second kappa shape index (κ2) is 7.15. The largest absolute Gasteiger partial charge is 0.309 e. The molecule has 1 aromatic rings. The van der Waals surface area contributed by atoms with E-state index >= 15 is 0 Å². The van der Waals surface area contributed by atoms with E-state index in [9.17, 15) is 0 Å². The van der Waals surface area contributed by atoms with Gasteiger partial charge in [0, 0.05) is 11.1 Å². The maximum Gasteiger partial charge on any atom is 0.0409 e. The second-order valence-electron chi connectivity index (χ2n) is 7.27. The first-order valence-corrected chi connectivity index (χ1v) is 8.87. The number of nitrogens with one attached hydrogen (secondary N) is 1. The third-order valence-corrected chi connectivity index (χ3v) is 5.24. The van der Waals surface area contributed by atoms with Gasteiger partial charge in [-0.15, -0.1) is 0 Å². The summed E-state index contributed by atoms with van der Waals surface area (Å²) in [5.41, 5.74) is 3.15. The summed E-state index contributed by atoms with van der Waals surface area (Å²) in [6.07, 6.45) is 6.39.